The van der Waals surface area contributed by atoms with Crippen LogP contribution in [0.5, 0.6) is 0 Å². The van der Waals surface area contributed by atoms with Gasteiger partial charge in [0, 0.05) is 42.3 Å². The first-order chi connectivity index (χ1) is 16.1. The molecule has 9 nitrogen and oxygen atoms in total. The molecule has 0 spiro atoms. The molecule has 3 aromatic rings. The Bertz CT molecular complexity index is 1180. The highest BCUT2D eigenvalue weighted by molar-refractivity contribution is 5.94. The van der Waals surface area contributed by atoms with E-state index in [1.807, 2.05) is 29.1 Å². The highest BCUT2D eigenvalue weighted by Crippen LogP contribution is 2.41. The molecule has 1 aliphatic carbocycles. The molecule has 1 saturated carbocycles. The van der Waals surface area contributed by atoms with Crippen molar-refractivity contribution in [3.05, 3.63) is 54.5 Å². The molecule has 2 N–H and O–H groups in total. The molecule has 33 heavy (non-hydrogen) atoms. The van der Waals surface area contributed by atoms with Crippen molar-refractivity contribution in [2.45, 2.75) is 37.8 Å². The van der Waals surface area contributed by atoms with Gasteiger partial charge in [0.2, 0.25) is 5.95 Å². The van der Waals surface area contributed by atoms with Crippen LogP contribution in [0.2, 0.25) is 0 Å². The summed E-state index contributed by atoms with van der Waals surface area (Å²) in [5, 5.41) is 26.4. The van der Waals surface area contributed by atoms with Crippen LogP contribution in [0, 0.1) is 17.2 Å². The van der Waals surface area contributed by atoms with Gasteiger partial charge in [-0.15, -0.1) is 0 Å². The van der Waals surface area contributed by atoms with E-state index in [1.54, 1.807) is 29.4 Å². The number of aromatic nitrogens is 4. The van der Waals surface area contributed by atoms with Crippen molar-refractivity contribution in [1.82, 2.24) is 24.6 Å². The Morgan fingerprint density at radius 3 is 2.76 bits per heavy atom. The molecule has 5 rings (SSSR count). The SMILES string of the molecule is N#CCC(C1CC1)n1cc(-c2ccnc(Nc3ccc(C(=O)N4CCC(O)C4)cc3)n2)cn1. The second kappa shape index (κ2) is 9.00. The first-order valence-corrected chi connectivity index (χ1v) is 11.2. The third-order valence-corrected chi connectivity index (χ3v) is 6.20. The molecule has 1 amide bonds. The molecular weight excluding hydrogens is 418 g/mol. The maximum absolute atomic E-state index is 12.5. The second-order valence-corrected chi connectivity index (χ2v) is 8.64. The molecular formula is C24H25N7O2. The Hall–Kier alpha value is -3.77. The van der Waals surface area contributed by atoms with E-state index >= 15 is 0 Å². The number of hydrogen-bond donors (Lipinski definition) is 2. The Balaban J connectivity index is 1.27. The molecule has 0 bridgehead atoms. The number of nitriles is 1. The zero-order valence-electron chi connectivity index (χ0n) is 18.1. The highest BCUT2D eigenvalue weighted by atomic mass is 16.3. The maximum atomic E-state index is 12.5. The standard InChI is InChI=1S/C24H25N7O2/c25-10-7-22(16-1-2-16)31-14-18(13-27-31)21-8-11-26-24(29-21)28-19-5-3-17(4-6-19)23(33)30-12-9-20(32)15-30/h3-6,8,11,13-14,16,20,22,32H,1-2,7,9,12,15H2,(H,26,28,29). The molecule has 2 fully saturated rings. The number of amides is 1. The van der Waals surface area contributed by atoms with Gasteiger partial charge in [-0.25, -0.2) is 9.97 Å². The lowest BCUT2D eigenvalue weighted by atomic mass is 10.1. The first-order valence-electron chi connectivity index (χ1n) is 11.2. The van der Waals surface area contributed by atoms with Crippen LogP contribution in [0.25, 0.3) is 11.3 Å². The predicted molar refractivity (Wildman–Crippen MR) is 121 cm³/mol. The third-order valence-electron chi connectivity index (χ3n) is 6.20. The summed E-state index contributed by atoms with van der Waals surface area (Å²) in [4.78, 5) is 23.1. The van der Waals surface area contributed by atoms with E-state index in [1.165, 1.54) is 0 Å². The highest BCUT2D eigenvalue weighted by Gasteiger charge is 2.33. The number of aliphatic hydroxyl groups excluding tert-OH is 1. The number of benzene rings is 1. The van der Waals surface area contributed by atoms with Crippen molar-refractivity contribution in [3.8, 4) is 17.3 Å². The van der Waals surface area contributed by atoms with Crippen molar-refractivity contribution >= 4 is 17.5 Å². The number of hydrogen-bond acceptors (Lipinski definition) is 7. The molecule has 1 aliphatic heterocycles. The average molecular weight is 444 g/mol. The van der Waals surface area contributed by atoms with Gasteiger partial charge in [0.15, 0.2) is 0 Å². The minimum Gasteiger partial charge on any atom is -0.391 e. The van der Waals surface area contributed by atoms with E-state index < -0.39 is 6.10 Å². The van der Waals surface area contributed by atoms with Gasteiger partial charge in [0.25, 0.3) is 5.91 Å². The van der Waals surface area contributed by atoms with Crippen molar-refractivity contribution < 1.29 is 9.90 Å². The molecule has 2 atom stereocenters. The quantitative estimate of drug-likeness (QED) is 0.575. The van der Waals surface area contributed by atoms with Crippen LogP contribution in [-0.4, -0.2) is 54.9 Å². The van der Waals surface area contributed by atoms with Crippen LogP contribution >= 0.6 is 0 Å². The molecule has 2 unspecified atom stereocenters. The van der Waals surface area contributed by atoms with Crippen LogP contribution in [-0.2, 0) is 0 Å². The van der Waals surface area contributed by atoms with E-state index in [-0.39, 0.29) is 11.9 Å². The molecule has 3 heterocycles. The number of β-amino-alcohol motifs (C(OH)–C–C–N with tert-alkyl or cyclic N) is 1. The van der Waals surface area contributed by atoms with Crippen LogP contribution in [0.1, 0.15) is 42.1 Å². The Kier molecular flexibility index (Phi) is 5.75. The second-order valence-electron chi connectivity index (χ2n) is 8.64. The lowest BCUT2D eigenvalue weighted by molar-refractivity contribution is 0.0765. The van der Waals surface area contributed by atoms with E-state index in [4.69, 9.17) is 5.26 Å². The molecule has 9 heteroatoms. The number of nitrogens with one attached hydrogen (secondary N) is 1. The lowest BCUT2D eigenvalue weighted by Crippen LogP contribution is -2.29. The number of likely N-dealkylation sites (tertiary alicyclic amines) is 1. The fourth-order valence-electron chi connectivity index (χ4n) is 4.22. The number of aliphatic hydroxyl groups is 1. The summed E-state index contributed by atoms with van der Waals surface area (Å²) < 4.78 is 1.89. The largest absolute Gasteiger partial charge is 0.391 e. The minimum absolute atomic E-state index is 0.0748. The Morgan fingerprint density at radius 2 is 2.06 bits per heavy atom. The maximum Gasteiger partial charge on any atom is 0.253 e. The molecule has 1 aromatic carbocycles. The van der Waals surface area contributed by atoms with E-state index in [0.29, 0.717) is 43.4 Å². The lowest BCUT2D eigenvalue weighted by Gasteiger charge is -2.15. The average Bonchev–Trinajstić information content (AvgIpc) is 3.38. The van der Waals surface area contributed by atoms with Gasteiger partial charge in [-0.3, -0.25) is 9.48 Å². The molecule has 2 aromatic heterocycles. The number of nitrogens with zero attached hydrogens (tertiary/aromatic N) is 6. The summed E-state index contributed by atoms with van der Waals surface area (Å²) in [6.07, 6.45) is 8.35. The van der Waals surface area contributed by atoms with Crippen LogP contribution < -0.4 is 5.32 Å². The Morgan fingerprint density at radius 1 is 1.24 bits per heavy atom. The third kappa shape index (κ3) is 4.71. The monoisotopic (exact) mass is 443 g/mol. The van der Waals surface area contributed by atoms with Gasteiger partial charge < -0.3 is 15.3 Å². The fraction of sp³-hybridized carbons (Fsp3) is 0.375. The Labute approximate surface area is 191 Å². The van der Waals surface area contributed by atoms with E-state index in [2.05, 4.69) is 26.5 Å². The summed E-state index contributed by atoms with van der Waals surface area (Å²) >= 11 is 0. The van der Waals surface area contributed by atoms with Gasteiger partial charge in [-0.1, -0.05) is 0 Å². The topological polar surface area (TPSA) is 120 Å². The number of carbonyl (C=O) groups is 1. The summed E-state index contributed by atoms with van der Waals surface area (Å²) in [5.41, 5.74) is 2.96. The van der Waals surface area contributed by atoms with Crippen molar-refractivity contribution in [3.63, 3.8) is 0 Å². The molecule has 2 aliphatic rings. The smallest absolute Gasteiger partial charge is 0.253 e. The van der Waals surface area contributed by atoms with Crippen LogP contribution in [0.15, 0.2) is 48.9 Å². The number of anilines is 2. The molecule has 1 saturated heterocycles. The van der Waals surface area contributed by atoms with Crippen LogP contribution in [0.3, 0.4) is 0 Å². The number of rotatable bonds is 7. The van der Waals surface area contributed by atoms with Gasteiger partial charge in [0.1, 0.15) is 0 Å². The van der Waals surface area contributed by atoms with E-state index in [0.717, 1.165) is 29.8 Å². The molecule has 0 radical (unpaired) electrons. The minimum atomic E-state index is -0.433. The summed E-state index contributed by atoms with van der Waals surface area (Å²) in [6.45, 7) is 0.961. The van der Waals surface area contributed by atoms with Gasteiger partial charge in [0.05, 0.1) is 36.5 Å². The zero-order valence-corrected chi connectivity index (χ0v) is 18.1. The predicted octanol–water partition coefficient (Wildman–Crippen LogP) is 3.16. The van der Waals surface area contributed by atoms with Crippen molar-refractivity contribution in [2.75, 3.05) is 18.4 Å². The van der Waals surface area contributed by atoms with Gasteiger partial charge >= 0.3 is 0 Å². The summed E-state index contributed by atoms with van der Waals surface area (Å²) in [5.74, 6) is 0.900. The summed E-state index contributed by atoms with van der Waals surface area (Å²) in [7, 11) is 0. The van der Waals surface area contributed by atoms with Crippen molar-refractivity contribution in [2.24, 2.45) is 5.92 Å². The first kappa shape index (κ1) is 21.1. The van der Waals surface area contributed by atoms with E-state index in [9.17, 15) is 9.90 Å². The normalized spacial score (nSPS) is 18.7. The fourth-order valence-corrected chi connectivity index (χ4v) is 4.22. The number of carbonyl (C=O) groups excluding carboxylic acids is 1. The van der Waals surface area contributed by atoms with Gasteiger partial charge in [-0.2, -0.15) is 10.4 Å². The molecule has 168 valence electrons. The zero-order chi connectivity index (χ0) is 22.8. The summed E-state index contributed by atoms with van der Waals surface area (Å²) in [6, 6.07) is 11.4. The van der Waals surface area contributed by atoms with Gasteiger partial charge in [-0.05, 0) is 55.5 Å². The van der Waals surface area contributed by atoms with Crippen molar-refractivity contribution in [1.29, 1.82) is 5.26 Å². The van der Waals surface area contributed by atoms with Crippen LogP contribution in [0.4, 0.5) is 11.6 Å².